The first-order chi connectivity index (χ1) is 7.40. The number of alkyl halides is 1. The molecule has 1 amide bonds. The molecule has 0 aliphatic carbocycles. The Balaban J connectivity index is 3.91. The van der Waals surface area contributed by atoms with Crippen molar-refractivity contribution >= 4 is 21.8 Å². The average molecular weight is 293 g/mol. The van der Waals surface area contributed by atoms with Gasteiger partial charge < -0.3 is 5.32 Å². The van der Waals surface area contributed by atoms with E-state index in [1.807, 2.05) is 6.92 Å². The van der Waals surface area contributed by atoms with E-state index < -0.39 is 0 Å². The summed E-state index contributed by atoms with van der Waals surface area (Å²) in [7, 11) is 0. The summed E-state index contributed by atoms with van der Waals surface area (Å²) in [4.78, 5) is 13.8. The summed E-state index contributed by atoms with van der Waals surface area (Å²) in [6.07, 6.45) is 0.823. The zero-order valence-corrected chi connectivity index (χ0v) is 12.7. The zero-order valence-electron chi connectivity index (χ0n) is 11.1. The van der Waals surface area contributed by atoms with Crippen molar-refractivity contribution in [3.8, 4) is 0 Å². The van der Waals surface area contributed by atoms with Gasteiger partial charge in [0.15, 0.2) is 0 Å². The van der Waals surface area contributed by atoms with Crippen molar-refractivity contribution < 1.29 is 4.79 Å². The molecule has 16 heavy (non-hydrogen) atoms. The zero-order chi connectivity index (χ0) is 12.7. The molecule has 0 aliphatic heterocycles. The third kappa shape index (κ3) is 5.85. The van der Waals surface area contributed by atoms with Crippen molar-refractivity contribution in [1.29, 1.82) is 0 Å². The number of halogens is 1. The van der Waals surface area contributed by atoms with Gasteiger partial charge in [-0.3, -0.25) is 9.69 Å². The Kier molecular flexibility index (Phi) is 8.02. The minimum absolute atomic E-state index is 0.0564. The molecule has 0 aromatic rings. The number of carbonyl (C=O) groups excluding carboxylic acids is 1. The van der Waals surface area contributed by atoms with Crippen molar-refractivity contribution in [3.63, 3.8) is 0 Å². The van der Waals surface area contributed by atoms with Crippen molar-refractivity contribution in [2.45, 2.75) is 58.0 Å². The molecule has 0 aromatic carbocycles. The van der Waals surface area contributed by atoms with Crippen molar-refractivity contribution in [2.24, 2.45) is 0 Å². The molecular weight excluding hydrogens is 268 g/mol. The summed E-state index contributed by atoms with van der Waals surface area (Å²) in [5.41, 5.74) is 0. The summed E-state index contributed by atoms with van der Waals surface area (Å²) in [6, 6.07) is 1.03. The Labute approximate surface area is 108 Å². The second kappa shape index (κ2) is 8.07. The highest BCUT2D eigenvalue weighted by Crippen LogP contribution is 2.05. The minimum Gasteiger partial charge on any atom is -0.354 e. The van der Waals surface area contributed by atoms with Crippen molar-refractivity contribution in [3.05, 3.63) is 0 Å². The van der Waals surface area contributed by atoms with Gasteiger partial charge in [-0.15, -0.1) is 0 Å². The lowest BCUT2D eigenvalue weighted by atomic mass is 10.2. The van der Waals surface area contributed by atoms with Crippen LogP contribution in [-0.2, 0) is 4.79 Å². The quantitative estimate of drug-likeness (QED) is 0.731. The van der Waals surface area contributed by atoms with Crippen LogP contribution < -0.4 is 5.32 Å². The first-order valence-electron chi connectivity index (χ1n) is 6.07. The topological polar surface area (TPSA) is 32.3 Å². The number of hydrogen-bond donors (Lipinski definition) is 1. The first-order valence-corrected chi connectivity index (χ1v) is 6.99. The van der Waals surface area contributed by atoms with Gasteiger partial charge >= 0.3 is 0 Å². The van der Waals surface area contributed by atoms with E-state index in [9.17, 15) is 4.79 Å². The molecule has 0 rings (SSSR count). The van der Waals surface area contributed by atoms with Crippen molar-refractivity contribution in [2.75, 3.05) is 13.1 Å². The highest BCUT2D eigenvalue weighted by molar-refractivity contribution is 9.10. The Hall–Kier alpha value is -0.0900. The minimum atomic E-state index is -0.0564. The smallest absolute Gasteiger partial charge is 0.233 e. The molecule has 3 nitrogen and oxygen atoms in total. The largest absolute Gasteiger partial charge is 0.354 e. The van der Waals surface area contributed by atoms with Crippen LogP contribution in [0.15, 0.2) is 0 Å². The van der Waals surface area contributed by atoms with Crippen LogP contribution in [0, 0.1) is 0 Å². The van der Waals surface area contributed by atoms with Gasteiger partial charge in [-0.05, 0) is 34.1 Å². The van der Waals surface area contributed by atoms with Crippen LogP contribution in [0.2, 0.25) is 0 Å². The molecule has 0 saturated carbocycles. The van der Waals surface area contributed by atoms with E-state index in [-0.39, 0.29) is 10.7 Å². The van der Waals surface area contributed by atoms with Crippen LogP contribution >= 0.6 is 15.9 Å². The number of nitrogens with zero attached hydrogens (tertiary/aromatic N) is 1. The van der Waals surface area contributed by atoms with Gasteiger partial charge in [0.1, 0.15) is 0 Å². The SMILES string of the molecule is CCC(Br)C(=O)NCCN(C(C)C)C(C)C. The monoisotopic (exact) mass is 292 g/mol. The maximum absolute atomic E-state index is 11.5. The molecule has 0 heterocycles. The van der Waals surface area contributed by atoms with E-state index in [4.69, 9.17) is 0 Å². The second-order valence-electron chi connectivity index (χ2n) is 4.59. The van der Waals surface area contributed by atoms with Crippen LogP contribution in [0.5, 0.6) is 0 Å². The maximum Gasteiger partial charge on any atom is 0.233 e. The molecule has 96 valence electrons. The summed E-state index contributed by atoms with van der Waals surface area (Å²) < 4.78 is 0. The van der Waals surface area contributed by atoms with Crippen LogP contribution in [0.25, 0.3) is 0 Å². The third-order valence-corrected chi connectivity index (χ3v) is 3.70. The van der Waals surface area contributed by atoms with Gasteiger partial charge in [0.25, 0.3) is 0 Å². The summed E-state index contributed by atoms with van der Waals surface area (Å²) >= 11 is 3.34. The van der Waals surface area contributed by atoms with Crippen molar-refractivity contribution in [1.82, 2.24) is 10.2 Å². The van der Waals surface area contributed by atoms with E-state index in [0.717, 1.165) is 19.5 Å². The fourth-order valence-electron chi connectivity index (χ4n) is 1.72. The molecule has 0 saturated heterocycles. The van der Waals surface area contributed by atoms with Crippen LogP contribution in [0.3, 0.4) is 0 Å². The average Bonchev–Trinajstić information content (AvgIpc) is 2.21. The van der Waals surface area contributed by atoms with E-state index >= 15 is 0 Å². The van der Waals surface area contributed by atoms with Gasteiger partial charge in [0.05, 0.1) is 4.83 Å². The van der Waals surface area contributed by atoms with Crippen LogP contribution in [0.4, 0.5) is 0 Å². The Morgan fingerprint density at radius 1 is 1.25 bits per heavy atom. The molecule has 0 aliphatic rings. The molecule has 0 fully saturated rings. The number of rotatable bonds is 7. The number of nitrogens with one attached hydrogen (secondary N) is 1. The number of carbonyl (C=O) groups is 1. The summed E-state index contributed by atoms with van der Waals surface area (Å²) in [6.45, 7) is 12.3. The lowest BCUT2D eigenvalue weighted by Gasteiger charge is -2.30. The molecule has 0 aromatic heterocycles. The van der Waals surface area contributed by atoms with Crippen LogP contribution in [0.1, 0.15) is 41.0 Å². The summed E-state index contributed by atoms with van der Waals surface area (Å²) in [5, 5.41) is 2.95. The second-order valence-corrected chi connectivity index (χ2v) is 5.70. The van der Waals surface area contributed by atoms with Crippen LogP contribution in [-0.4, -0.2) is 40.8 Å². The predicted molar refractivity (Wildman–Crippen MR) is 73.0 cm³/mol. The molecular formula is C12H25BrN2O. The van der Waals surface area contributed by atoms with E-state index in [1.165, 1.54) is 0 Å². The van der Waals surface area contributed by atoms with E-state index in [1.54, 1.807) is 0 Å². The molecule has 1 N–H and O–H groups in total. The van der Waals surface area contributed by atoms with Gasteiger partial charge in [-0.2, -0.15) is 0 Å². The van der Waals surface area contributed by atoms with E-state index in [0.29, 0.717) is 12.1 Å². The fraction of sp³-hybridized carbons (Fsp3) is 0.917. The Morgan fingerprint density at radius 3 is 2.12 bits per heavy atom. The predicted octanol–water partition coefficient (Wildman–Crippen LogP) is 2.39. The molecule has 4 heteroatoms. The first kappa shape index (κ1) is 15.9. The highest BCUT2D eigenvalue weighted by Gasteiger charge is 2.15. The third-order valence-electron chi connectivity index (χ3n) is 2.64. The number of hydrogen-bond acceptors (Lipinski definition) is 2. The van der Waals surface area contributed by atoms with Gasteiger partial charge in [-0.1, -0.05) is 22.9 Å². The molecule has 0 radical (unpaired) electrons. The highest BCUT2D eigenvalue weighted by atomic mass is 79.9. The molecule has 0 spiro atoms. The maximum atomic E-state index is 11.5. The standard InChI is InChI=1S/C12H25BrN2O/c1-6-11(13)12(16)14-7-8-15(9(2)3)10(4)5/h9-11H,6-8H2,1-5H3,(H,14,16). The van der Waals surface area contributed by atoms with Gasteiger partial charge in [-0.25, -0.2) is 0 Å². The normalized spacial score (nSPS) is 13.6. The molecule has 1 atom stereocenters. The van der Waals surface area contributed by atoms with Gasteiger partial charge in [0, 0.05) is 25.2 Å². The Bertz CT molecular complexity index is 199. The number of amides is 1. The van der Waals surface area contributed by atoms with Gasteiger partial charge in [0.2, 0.25) is 5.91 Å². The lowest BCUT2D eigenvalue weighted by Crippen LogP contribution is -2.43. The molecule has 1 unspecified atom stereocenters. The fourth-order valence-corrected chi connectivity index (χ4v) is 1.88. The summed E-state index contributed by atoms with van der Waals surface area (Å²) in [5.74, 6) is 0.0926. The Morgan fingerprint density at radius 2 is 1.75 bits per heavy atom. The lowest BCUT2D eigenvalue weighted by molar-refractivity contribution is -0.120. The van der Waals surface area contributed by atoms with E-state index in [2.05, 4.69) is 53.8 Å². The molecule has 0 bridgehead atoms.